The van der Waals surface area contributed by atoms with Gasteiger partial charge in [0.2, 0.25) is 16.0 Å². The van der Waals surface area contributed by atoms with Gasteiger partial charge in [-0.05, 0) is 35.0 Å². The minimum atomic E-state index is -3.57. The Morgan fingerprint density at radius 1 is 0.806 bits per heavy atom. The van der Waals surface area contributed by atoms with Gasteiger partial charge in [-0.1, -0.05) is 36.4 Å². The number of fused-ring (bicyclic) bond motifs is 2. The fourth-order valence-electron chi connectivity index (χ4n) is 4.12. The number of aromatic nitrogens is 2. The lowest BCUT2D eigenvalue weighted by Gasteiger charge is -2.36. The number of rotatable bonds is 3. The van der Waals surface area contributed by atoms with Crippen LogP contribution in [0.2, 0.25) is 0 Å². The Balaban J connectivity index is 1.41. The third-order valence-corrected chi connectivity index (χ3v) is 7.58. The number of piperazine rings is 1. The van der Waals surface area contributed by atoms with Crippen LogP contribution in [0.15, 0.2) is 65.6 Å². The molecule has 0 unspecified atom stereocenters. The van der Waals surface area contributed by atoms with Crippen LogP contribution < -0.4 is 16.4 Å². The first-order chi connectivity index (χ1) is 14.9. The minimum absolute atomic E-state index is 0.133. The summed E-state index contributed by atoms with van der Waals surface area (Å²) >= 11 is 0. The molecule has 3 aromatic carbocycles. The summed E-state index contributed by atoms with van der Waals surface area (Å²) in [6, 6.07) is 18.7. The van der Waals surface area contributed by atoms with Gasteiger partial charge >= 0.3 is 0 Å². The van der Waals surface area contributed by atoms with E-state index >= 15 is 0 Å². The molecule has 2 heterocycles. The molecule has 158 valence electrons. The van der Waals surface area contributed by atoms with Crippen molar-refractivity contribution in [3.8, 4) is 0 Å². The molecule has 9 heteroatoms. The lowest BCUT2D eigenvalue weighted by Crippen LogP contribution is -2.48. The minimum Gasteiger partial charge on any atom is -0.383 e. The third-order valence-electron chi connectivity index (χ3n) is 5.68. The van der Waals surface area contributed by atoms with Crippen molar-refractivity contribution in [1.82, 2.24) is 14.3 Å². The summed E-state index contributed by atoms with van der Waals surface area (Å²) in [6.45, 7) is 1.83. The van der Waals surface area contributed by atoms with Crippen LogP contribution in [0.3, 0.4) is 0 Å². The molecule has 4 N–H and O–H groups in total. The molecular formula is C22H22N6O2S. The second-order valence-corrected chi connectivity index (χ2v) is 9.48. The Bertz CT molecular complexity index is 1400. The van der Waals surface area contributed by atoms with E-state index in [1.165, 1.54) is 4.31 Å². The second-order valence-electron chi connectivity index (χ2n) is 7.54. The normalized spacial score (nSPS) is 15.5. The Morgan fingerprint density at radius 3 is 2.32 bits per heavy atom. The first kappa shape index (κ1) is 19.5. The van der Waals surface area contributed by atoms with Gasteiger partial charge in [-0.3, -0.25) is 0 Å². The number of benzene rings is 3. The van der Waals surface area contributed by atoms with E-state index in [-0.39, 0.29) is 5.95 Å². The summed E-state index contributed by atoms with van der Waals surface area (Å²) in [6.07, 6.45) is 0. The van der Waals surface area contributed by atoms with E-state index < -0.39 is 10.0 Å². The smallest absolute Gasteiger partial charge is 0.243 e. The van der Waals surface area contributed by atoms with E-state index in [4.69, 9.17) is 11.5 Å². The van der Waals surface area contributed by atoms with E-state index in [1.54, 1.807) is 12.1 Å². The molecule has 0 atom stereocenters. The lowest BCUT2D eigenvalue weighted by atomic mass is 10.1. The highest BCUT2D eigenvalue weighted by Crippen LogP contribution is 2.31. The first-order valence-electron chi connectivity index (χ1n) is 9.99. The van der Waals surface area contributed by atoms with Crippen LogP contribution in [0.1, 0.15) is 0 Å². The monoisotopic (exact) mass is 434 g/mol. The summed E-state index contributed by atoms with van der Waals surface area (Å²) in [7, 11) is -3.57. The predicted molar refractivity (Wildman–Crippen MR) is 123 cm³/mol. The lowest BCUT2D eigenvalue weighted by molar-refractivity contribution is 0.385. The molecule has 1 fully saturated rings. The van der Waals surface area contributed by atoms with Crippen molar-refractivity contribution in [2.45, 2.75) is 4.90 Å². The molecule has 0 radical (unpaired) electrons. The average Bonchev–Trinajstić information content (AvgIpc) is 2.78. The van der Waals surface area contributed by atoms with Gasteiger partial charge in [0, 0.05) is 31.9 Å². The number of nitrogens with two attached hydrogens (primary N) is 2. The molecule has 1 saturated heterocycles. The molecule has 5 rings (SSSR count). The fourth-order valence-corrected chi connectivity index (χ4v) is 5.58. The van der Waals surface area contributed by atoms with Gasteiger partial charge in [0.15, 0.2) is 0 Å². The molecule has 1 aromatic heterocycles. The van der Waals surface area contributed by atoms with Gasteiger partial charge in [-0.2, -0.15) is 9.29 Å². The van der Waals surface area contributed by atoms with Crippen LogP contribution in [0.4, 0.5) is 17.5 Å². The van der Waals surface area contributed by atoms with Crippen molar-refractivity contribution >= 4 is 49.2 Å². The van der Waals surface area contributed by atoms with Crippen molar-refractivity contribution in [2.75, 3.05) is 42.5 Å². The zero-order chi connectivity index (χ0) is 21.6. The number of sulfonamides is 1. The number of nitrogens with zero attached hydrogens (tertiary/aromatic N) is 4. The van der Waals surface area contributed by atoms with Crippen molar-refractivity contribution in [3.63, 3.8) is 0 Å². The highest BCUT2D eigenvalue weighted by molar-refractivity contribution is 7.89. The zero-order valence-corrected chi connectivity index (χ0v) is 17.6. The van der Waals surface area contributed by atoms with E-state index in [0.29, 0.717) is 42.4 Å². The second kappa shape index (κ2) is 7.36. The van der Waals surface area contributed by atoms with Crippen molar-refractivity contribution < 1.29 is 8.42 Å². The molecule has 1 aliphatic rings. The topological polar surface area (TPSA) is 118 Å². The van der Waals surface area contributed by atoms with Crippen LogP contribution >= 0.6 is 0 Å². The highest BCUT2D eigenvalue weighted by Gasteiger charge is 2.29. The first-order valence-corrected chi connectivity index (χ1v) is 11.4. The third kappa shape index (κ3) is 3.41. The van der Waals surface area contributed by atoms with E-state index in [0.717, 1.165) is 21.8 Å². The van der Waals surface area contributed by atoms with Crippen LogP contribution in [0, 0.1) is 0 Å². The number of hydrogen-bond donors (Lipinski definition) is 2. The van der Waals surface area contributed by atoms with Gasteiger partial charge < -0.3 is 16.4 Å². The summed E-state index contributed by atoms with van der Waals surface area (Å²) in [4.78, 5) is 10.8. The number of hydrogen-bond acceptors (Lipinski definition) is 7. The van der Waals surface area contributed by atoms with Crippen molar-refractivity contribution in [3.05, 3.63) is 60.7 Å². The number of anilines is 3. The van der Waals surface area contributed by atoms with Crippen LogP contribution in [-0.4, -0.2) is 48.9 Å². The molecule has 1 aliphatic heterocycles. The largest absolute Gasteiger partial charge is 0.383 e. The van der Waals surface area contributed by atoms with E-state index in [9.17, 15) is 8.42 Å². The standard InChI is InChI=1S/C22H22N6O2S/c23-21-20-18(25-22(24)26-21)6-3-7-19(20)27-10-12-28(13-11-27)31(29,30)17-9-8-15-4-1-2-5-16(15)14-17/h1-9,14H,10-13H2,(H4,23,24,25,26). The Kier molecular flexibility index (Phi) is 4.64. The average molecular weight is 435 g/mol. The maximum Gasteiger partial charge on any atom is 0.243 e. The van der Waals surface area contributed by atoms with Gasteiger partial charge in [0.1, 0.15) is 5.82 Å². The SMILES string of the molecule is Nc1nc(N)c2c(N3CCN(S(=O)(=O)c4ccc5ccccc5c4)CC3)cccc2n1. The van der Waals surface area contributed by atoms with E-state index in [2.05, 4.69) is 14.9 Å². The molecule has 0 bridgehead atoms. The Labute approximate surface area is 180 Å². The zero-order valence-electron chi connectivity index (χ0n) is 16.8. The molecule has 8 nitrogen and oxygen atoms in total. The highest BCUT2D eigenvalue weighted by atomic mass is 32.2. The molecule has 31 heavy (non-hydrogen) atoms. The van der Waals surface area contributed by atoms with E-state index in [1.807, 2.05) is 48.5 Å². The molecule has 0 amide bonds. The Hall–Kier alpha value is -3.43. The molecule has 4 aromatic rings. The Morgan fingerprint density at radius 2 is 1.55 bits per heavy atom. The molecule has 0 spiro atoms. The van der Waals surface area contributed by atoms with Gasteiger partial charge in [-0.25, -0.2) is 13.4 Å². The van der Waals surface area contributed by atoms with Gasteiger partial charge in [0.25, 0.3) is 0 Å². The summed E-state index contributed by atoms with van der Waals surface area (Å²) in [5.74, 6) is 0.456. The maximum absolute atomic E-state index is 13.2. The molecule has 0 saturated carbocycles. The van der Waals surface area contributed by atoms with Crippen LogP contribution in [0.25, 0.3) is 21.7 Å². The number of nitrogen functional groups attached to an aromatic ring is 2. The molecule has 0 aliphatic carbocycles. The summed E-state index contributed by atoms with van der Waals surface area (Å²) < 4.78 is 28.0. The predicted octanol–water partition coefficient (Wildman–Crippen LogP) is 2.46. The van der Waals surface area contributed by atoms with Gasteiger partial charge in [-0.15, -0.1) is 0 Å². The van der Waals surface area contributed by atoms with Crippen molar-refractivity contribution in [1.29, 1.82) is 0 Å². The van der Waals surface area contributed by atoms with Crippen molar-refractivity contribution in [2.24, 2.45) is 0 Å². The summed E-state index contributed by atoms with van der Waals surface area (Å²) in [5.41, 5.74) is 13.4. The fraction of sp³-hybridized carbons (Fsp3) is 0.182. The van der Waals surface area contributed by atoms with Gasteiger partial charge in [0.05, 0.1) is 15.8 Å². The maximum atomic E-state index is 13.2. The van der Waals surface area contributed by atoms with Crippen LogP contribution in [-0.2, 0) is 10.0 Å². The quantitative estimate of drug-likeness (QED) is 0.508. The van der Waals surface area contributed by atoms with Crippen LogP contribution in [0.5, 0.6) is 0 Å². The molecular weight excluding hydrogens is 412 g/mol. The summed E-state index contributed by atoms with van der Waals surface area (Å²) in [5, 5.41) is 2.66.